The number of rotatable bonds is 2. The number of piperidine rings is 1. The third-order valence-electron chi connectivity index (χ3n) is 4.10. The van der Waals surface area contributed by atoms with Crippen LogP contribution in [0.5, 0.6) is 0 Å². The molecule has 148 valence electrons. The van der Waals surface area contributed by atoms with Gasteiger partial charge < -0.3 is 9.64 Å². The van der Waals surface area contributed by atoms with Gasteiger partial charge in [-0.2, -0.15) is 0 Å². The third kappa shape index (κ3) is 4.86. The molecule has 0 unspecified atom stereocenters. The molecule has 0 saturated carbocycles. The Morgan fingerprint density at radius 2 is 1.48 bits per heavy atom. The molecular formula is C20H28N2O5. The molecule has 1 aromatic carbocycles. The first-order valence-electron chi connectivity index (χ1n) is 9.39. The van der Waals surface area contributed by atoms with E-state index in [1.807, 2.05) is 34.6 Å². The van der Waals surface area contributed by atoms with E-state index in [0.717, 1.165) is 5.06 Å². The third-order valence-corrected chi connectivity index (χ3v) is 4.10. The van der Waals surface area contributed by atoms with Crippen molar-refractivity contribution in [2.24, 2.45) is 0 Å². The van der Waals surface area contributed by atoms with Crippen LogP contribution in [-0.4, -0.2) is 52.7 Å². The first-order valence-corrected chi connectivity index (χ1v) is 9.39. The number of amides is 3. The van der Waals surface area contributed by atoms with Crippen molar-refractivity contribution in [3.63, 3.8) is 0 Å². The summed E-state index contributed by atoms with van der Waals surface area (Å²) in [5, 5.41) is 0.846. The number of fused-ring (bicyclic) bond motifs is 1. The van der Waals surface area contributed by atoms with Gasteiger partial charge in [-0.05, 0) is 45.7 Å². The van der Waals surface area contributed by atoms with Crippen LogP contribution in [0.2, 0.25) is 0 Å². The summed E-state index contributed by atoms with van der Waals surface area (Å²) in [5.74, 6) is -0.870. The van der Waals surface area contributed by atoms with E-state index in [2.05, 4.69) is 0 Å². The van der Waals surface area contributed by atoms with Crippen LogP contribution in [0.3, 0.4) is 0 Å². The highest BCUT2D eigenvalue weighted by atomic mass is 16.7. The lowest BCUT2D eigenvalue weighted by Gasteiger charge is -2.34. The topological polar surface area (TPSA) is 76.2 Å². The van der Waals surface area contributed by atoms with Crippen molar-refractivity contribution in [1.82, 2.24) is 9.96 Å². The van der Waals surface area contributed by atoms with Crippen LogP contribution in [0.4, 0.5) is 4.79 Å². The van der Waals surface area contributed by atoms with Crippen molar-refractivity contribution in [3.05, 3.63) is 35.4 Å². The van der Waals surface area contributed by atoms with Gasteiger partial charge in [0.05, 0.1) is 17.2 Å². The van der Waals surface area contributed by atoms with Crippen LogP contribution in [0.25, 0.3) is 0 Å². The minimum absolute atomic E-state index is 0.291. The Bertz CT molecular complexity index is 668. The maximum atomic E-state index is 12.3. The lowest BCUT2D eigenvalue weighted by atomic mass is 10.1. The maximum absolute atomic E-state index is 12.3. The van der Waals surface area contributed by atoms with Crippen molar-refractivity contribution in [2.45, 2.75) is 59.2 Å². The SMILES string of the molecule is CC.CC(C)(C)OC(=O)N1CCC(ON2C(=O)c3ccccc3C2=O)CC1. The van der Waals surface area contributed by atoms with E-state index in [0.29, 0.717) is 37.1 Å². The van der Waals surface area contributed by atoms with Gasteiger partial charge in [0, 0.05) is 13.1 Å². The Morgan fingerprint density at radius 1 is 1.00 bits per heavy atom. The predicted molar refractivity (Wildman–Crippen MR) is 100 cm³/mol. The molecule has 2 heterocycles. The van der Waals surface area contributed by atoms with E-state index in [9.17, 15) is 14.4 Å². The molecule has 7 heteroatoms. The van der Waals surface area contributed by atoms with Gasteiger partial charge in [-0.15, -0.1) is 5.06 Å². The molecule has 0 aromatic heterocycles. The first-order chi connectivity index (χ1) is 12.8. The minimum atomic E-state index is -0.537. The summed E-state index contributed by atoms with van der Waals surface area (Å²) in [4.78, 5) is 43.9. The average molecular weight is 376 g/mol. The smallest absolute Gasteiger partial charge is 0.410 e. The average Bonchev–Trinajstić information content (AvgIpc) is 2.88. The Kier molecular flexibility index (Phi) is 6.59. The maximum Gasteiger partial charge on any atom is 0.410 e. The van der Waals surface area contributed by atoms with Gasteiger partial charge in [0.1, 0.15) is 5.60 Å². The predicted octanol–water partition coefficient (Wildman–Crippen LogP) is 3.64. The van der Waals surface area contributed by atoms with Gasteiger partial charge >= 0.3 is 6.09 Å². The Morgan fingerprint density at radius 3 is 1.93 bits per heavy atom. The lowest BCUT2D eigenvalue weighted by molar-refractivity contribution is -0.144. The number of nitrogens with zero attached hydrogens (tertiary/aromatic N) is 2. The Hall–Kier alpha value is -2.41. The fraction of sp³-hybridized carbons (Fsp3) is 0.550. The highest BCUT2D eigenvalue weighted by Crippen LogP contribution is 2.26. The molecule has 2 aliphatic heterocycles. The van der Waals surface area contributed by atoms with E-state index in [1.54, 1.807) is 29.2 Å². The highest BCUT2D eigenvalue weighted by Gasteiger charge is 2.39. The molecule has 0 radical (unpaired) electrons. The van der Waals surface area contributed by atoms with E-state index in [1.165, 1.54) is 0 Å². The molecule has 3 rings (SSSR count). The molecule has 0 atom stereocenters. The zero-order valence-electron chi connectivity index (χ0n) is 16.7. The summed E-state index contributed by atoms with van der Waals surface area (Å²) in [5.41, 5.74) is 0.183. The number of hydrogen-bond acceptors (Lipinski definition) is 5. The monoisotopic (exact) mass is 376 g/mol. The fourth-order valence-corrected chi connectivity index (χ4v) is 2.88. The van der Waals surface area contributed by atoms with Gasteiger partial charge in [-0.3, -0.25) is 14.4 Å². The van der Waals surface area contributed by atoms with Gasteiger partial charge in [0.25, 0.3) is 11.8 Å². The van der Waals surface area contributed by atoms with Crippen molar-refractivity contribution < 1.29 is 24.0 Å². The summed E-state index contributed by atoms with van der Waals surface area (Å²) in [6, 6.07) is 6.66. The molecule has 27 heavy (non-hydrogen) atoms. The number of hydroxylamine groups is 2. The van der Waals surface area contributed by atoms with Crippen LogP contribution >= 0.6 is 0 Å². The second-order valence-corrected chi connectivity index (χ2v) is 7.22. The zero-order chi connectivity index (χ0) is 20.2. The van der Waals surface area contributed by atoms with E-state index in [-0.39, 0.29) is 12.2 Å². The highest BCUT2D eigenvalue weighted by molar-refractivity contribution is 6.20. The van der Waals surface area contributed by atoms with E-state index in [4.69, 9.17) is 9.57 Å². The summed E-state index contributed by atoms with van der Waals surface area (Å²) < 4.78 is 5.35. The van der Waals surface area contributed by atoms with E-state index >= 15 is 0 Å². The second kappa shape index (κ2) is 8.52. The summed E-state index contributed by atoms with van der Waals surface area (Å²) in [7, 11) is 0. The Labute approximate surface area is 160 Å². The quantitative estimate of drug-likeness (QED) is 0.737. The number of carbonyl (C=O) groups excluding carboxylic acids is 3. The second-order valence-electron chi connectivity index (χ2n) is 7.22. The molecule has 3 amide bonds. The van der Waals surface area contributed by atoms with Crippen molar-refractivity contribution in [3.8, 4) is 0 Å². The van der Waals surface area contributed by atoms with Crippen LogP contribution in [0, 0.1) is 0 Å². The fourth-order valence-electron chi connectivity index (χ4n) is 2.88. The van der Waals surface area contributed by atoms with Crippen LogP contribution < -0.4 is 0 Å². The lowest BCUT2D eigenvalue weighted by Crippen LogP contribution is -2.45. The number of imide groups is 1. The minimum Gasteiger partial charge on any atom is -0.444 e. The molecule has 2 aliphatic rings. The molecule has 0 spiro atoms. The summed E-state index contributed by atoms with van der Waals surface area (Å²) in [6.45, 7) is 10.4. The molecule has 1 saturated heterocycles. The molecule has 0 N–H and O–H groups in total. The standard InChI is InChI=1S/C18H22N2O5.C2H6/c1-18(2,3)24-17(23)19-10-8-12(9-11-19)25-20-15(21)13-6-4-5-7-14(13)16(20)22;1-2/h4-7,12H,8-11H2,1-3H3;1-2H3. The molecular weight excluding hydrogens is 348 g/mol. The van der Waals surface area contributed by atoms with Gasteiger partial charge in [-0.1, -0.05) is 26.0 Å². The number of benzene rings is 1. The van der Waals surface area contributed by atoms with Crippen molar-refractivity contribution >= 4 is 17.9 Å². The molecule has 0 aliphatic carbocycles. The molecule has 1 fully saturated rings. The van der Waals surface area contributed by atoms with Gasteiger partial charge in [-0.25, -0.2) is 4.79 Å². The number of ether oxygens (including phenoxy) is 1. The van der Waals surface area contributed by atoms with Crippen molar-refractivity contribution in [1.29, 1.82) is 0 Å². The molecule has 0 bridgehead atoms. The normalized spacial score (nSPS) is 17.4. The zero-order valence-corrected chi connectivity index (χ0v) is 16.7. The summed E-state index contributed by atoms with van der Waals surface area (Å²) >= 11 is 0. The van der Waals surface area contributed by atoms with E-state index < -0.39 is 17.4 Å². The molecule has 1 aromatic rings. The largest absolute Gasteiger partial charge is 0.444 e. The molecule has 7 nitrogen and oxygen atoms in total. The number of carbonyl (C=O) groups is 3. The number of hydrogen-bond donors (Lipinski definition) is 0. The Balaban J connectivity index is 0.00000126. The van der Waals surface area contributed by atoms with Crippen molar-refractivity contribution in [2.75, 3.05) is 13.1 Å². The van der Waals surface area contributed by atoms with Crippen LogP contribution in [0.15, 0.2) is 24.3 Å². The van der Waals surface area contributed by atoms with Gasteiger partial charge in [0.15, 0.2) is 0 Å². The van der Waals surface area contributed by atoms with Gasteiger partial charge in [0.2, 0.25) is 0 Å². The first kappa shape index (κ1) is 20.9. The summed E-state index contributed by atoms with van der Waals surface area (Å²) in [6.07, 6.45) is 0.423. The van der Waals surface area contributed by atoms with Crippen LogP contribution in [0.1, 0.15) is 68.2 Å². The number of likely N-dealkylation sites (tertiary alicyclic amines) is 1. The van der Waals surface area contributed by atoms with Crippen LogP contribution in [-0.2, 0) is 9.57 Å².